The quantitative estimate of drug-likeness (QED) is 0.270. The van der Waals surface area contributed by atoms with Gasteiger partial charge < -0.3 is 10.2 Å². The van der Waals surface area contributed by atoms with Crippen LogP contribution in [0.2, 0.25) is 5.02 Å². The molecular weight excluding hydrogens is 488 g/mol. The third-order valence-corrected chi connectivity index (χ3v) is 7.54. The number of nitrogens with one attached hydrogen (secondary N) is 1. The average molecular weight is 523 g/mol. The lowest BCUT2D eigenvalue weighted by molar-refractivity contribution is -0.141. The molecule has 6 heteroatoms. The van der Waals surface area contributed by atoms with Gasteiger partial charge in [0.15, 0.2) is 0 Å². The van der Waals surface area contributed by atoms with E-state index in [2.05, 4.69) is 5.32 Å². The van der Waals surface area contributed by atoms with Crippen LogP contribution in [0.15, 0.2) is 83.8 Å². The number of halogens is 1. The van der Waals surface area contributed by atoms with Crippen LogP contribution in [0.4, 0.5) is 0 Å². The SMILES string of the molecule is CC[C@H](C)NC(=O)[C@@H](Cc1ccccc1)N(Cc1ccccc1C)C(=O)CCSc1ccc(Cl)cc1. The van der Waals surface area contributed by atoms with Gasteiger partial charge in [-0.2, -0.15) is 0 Å². The van der Waals surface area contributed by atoms with Crippen LogP contribution in [0.1, 0.15) is 43.4 Å². The van der Waals surface area contributed by atoms with Crippen molar-refractivity contribution < 1.29 is 9.59 Å². The molecule has 1 N–H and O–H groups in total. The molecule has 36 heavy (non-hydrogen) atoms. The van der Waals surface area contributed by atoms with E-state index in [0.717, 1.165) is 28.0 Å². The van der Waals surface area contributed by atoms with Gasteiger partial charge in [0.25, 0.3) is 0 Å². The van der Waals surface area contributed by atoms with Crippen molar-refractivity contribution in [1.82, 2.24) is 10.2 Å². The number of benzene rings is 3. The summed E-state index contributed by atoms with van der Waals surface area (Å²) in [6, 6.07) is 25.0. The van der Waals surface area contributed by atoms with Crippen molar-refractivity contribution in [1.29, 1.82) is 0 Å². The molecule has 190 valence electrons. The monoisotopic (exact) mass is 522 g/mol. The molecule has 0 aromatic heterocycles. The second-order valence-corrected chi connectivity index (χ2v) is 10.6. The van der Waals surface area contributed by atoms with E-state index in [1.807, 2.05) is 99.6 Å². The fraction of sp³-hybridized carbons (Fsp3) is 0.333. The van der Waals surface area contributed by atoms with Gasteiger partial charge in [0.05, 0.1) is 0 Å². The van der Waals surface area contributed by atoms with Crippen molar-refractivity contribution in [2.24, 2.45) is 0 Å². The van der Waals surface area contributed by atoms with E-state index in [-0.39, 0.29) is 17.9 Å². The maximum absolute atomic E-state index is 13.7. The summed E-state index contributed by atoms with van der Waals surface area (Å²) in [7, 11) is 0. The fourth-order valence-corrected chi connectivity index (χ4v) is 4.86. The lowest BCUT2D eigenvalue weighted by atomic mass is 10.0. The van der Waals surface area contributed by atoms with Gasteiger partial charge in [-0.15, -0.1) is 11.8 Å². The lowest BCUT2D eigenvalue weighted by Gasteiger charge is -2.32. The molecule has 4 nitrogen and oxygen atoms in total. The Kier molecular flexibility index (Phi) is 10.9. The Bertz CT molecular complexity index is 1120. The third-order valence-electron chi connectivity index (χ3n) is 6.27. The van der Waals surface area contributed by atoms with Crippen molar-refractivity contribution in [3.63, 3.8) is 0 Å². The van der Waals surface area contributed by atoms with Crippen LogP contribution in [0.5, 0.6) is 0 Å². The molecule has 3 rings (SSSR count). The zero-order valence-corrected chi connectivity index (χ0v) is 22.8. The molecule has 0 unspecified atom stereocenters. The van der Waals surface area contributed by atoms with Crippen molar-refractivity contribution in [3.8, 4) is 0 Å². The molecule has 0 saturated carbocycles. The molecule has 0 aliphatic rings. The number of hydrogen-bond acceptors (Lipinski definition) is 3. The molecule has 0 saturated heterocycles. The van der Waals surface area contributed by atoms with Crippen LogP contribution in [0.25, 0.3) is 0 Å². The van der Waals surface area contributed by atoms with Crippen molar-refractivity contribution in [3.05, 3.63) is 101 Å². The highest BCUT2D eigenvalue weighted by Crippen LogP contribution is 2.23. The van der Waals surface area contributed by atoms with Gasteiger partial charge in [0.2, 0.25) is 11.8 Å². The molecule has 0 spiro atoms. The van der Waals surface area contributed by atoms with Crippen LogP contribution in [-0.2, 0) is 22.6 Å². The van der Waals surface area contributed by atoms with E-state index in [1.54, 1.807) is 16.7 Å². The van der Waals surface area contributed by atoms with E-state index in [4.69, 9.17) is 11.6 Å². The standard InChI is InChI=1S/C30H35ClN2O2S/c1-4-23(3)32-30(35)28(20-24-11-6-5-7-12-24)33(21-25-13-9-8-10-22(25)2)29(34)18-19-36-27-16-14-26(31)15-17-27/h5-17,23,28H,4,18-21H2,1-3H3,(H,32,35)/t23-,28+/m0/s1. The van der Waals surface area contributed by atoms with Gasteiger partial charge in [-0.1, -0.05) is 73.1 Å². The Labute approximate surface area is 224 Å². The summed E-state index contributed by atoms with van der Waals surface area (Å²) in [4.78, 5) is 30.1. The van der Waals surface area contributed by atoms with E-state index < -0.39 is 6.04 Å². The van der Waals surface area contributed by atoms with E-state index in [0.29, 0.717) is 30.2 Å². The second-order valence-electron chi connectivity index (χ2n) is 9.02. The summed E-state index contributed by atoms with van der Waals surface area (Å²) in [6.45, 7) is 6.47. The van der Waals surface area contributed by atoms with Crippen LogP contribution in [-0.4, -0.2) is 34.6 Å². The molecule has 0 fully saturated rings. The van der Waals surface area contributed by atoms with E-state index in [1.165, 1.54) is 0 Å². The molecule has 3 aromatic rings. The van der Waals surface area contributed by atoms with Gasteiger partial charge in [-0.3, -0.25) is 9.59 Å². The Balaban J connectivity index is 1.86. The van der Waals surface area contributed by atoms with Gasteiger partial charge in [0.1, 0.15) is 6.04 Å². The second kappa shape index (κ2) is 14.1. The summed E-state index contributed by atoms with van der Waals surface area (Å²) in [6.07, 6.45) is 1.62. The molecule has 3 aromatic carbocycles. The summed E-state index contributed by atoms with van der Waals surface area (Å²) in [5.41, 5.74) is 3.18. The van der Waals surface area contributed by atoms with Gasteiger partial charge in [-0.05, 0) is 61.2 Å². The Morgan fingerprint density at radius 2 is 1.64 bits per heavy atom. The predicted molar refractivity (Wildman–Crippen MR) is 150 cm³/mol. The van der Waals surface area contributed by atoms with E-state index in [9.17, 15) is 9.59 Å². The Morgan fingerprint density at radius 3 is 2.31 bits per heavy atom. The van der Waals surface area contributed by atoms with E-state index >= 15 is 0 Å². The Morgan fingerprint density at radius 1 is 0.972 bits per heavy atom. The summed E-state index contributed by atoms with van der Waals surface area (Å²) in [5.74, 6) is 0.482. The van der Waals surface area contributed by atoms with Crippen LogP contribution in [0.3, 0.4) is 0 Å². The van der Waals surface area contributed by atoms with Crippen LogP contribution < -0.4 is 5.32 Å². The first-order valence-electron chi connectivity index (χ1n) is 12.4. The minimum atomic E-state index is -0.603. The largest absolute Gasteiger partial charge is 0.352 e. The molecular formula is C30H35ClN2O2S. The first-order valence-corrected chi connectivity index (χ1v) is 13.8. The molecule has 0 aliphatic carbocycles. The number of hydrogen-bond donors (Lipinski definition) is 1. The molecule has 0 aliphatic heterocycles. The molecule has 0 radical (unpaired) electrons. The normalized spacial score (nSPS) is 12.6. The first kappa shape index (κ1) is 27.8. The van der Waals surface area contributed by atoms with Crippen molar-refractivity contribution in [2.75, 3.05) is 5.75 Å². The molecule has 2 atom stereocenters. The number of carbonyl (C=O) groups excluding carboxylic acids is 2. The number of amides is 2. The topological polar surface area (TPSA) is 49.4 Å². The zero-order valence-electron chi connectivity index (χ0n) is 21.2. The van der Waals surface area contributed by atoms with Crippen molar-refractivity contribution >= 4 is 35.2 Å². The number of thioether (sulfide) groups is 1. The van der Waals surface area contributed by atoms with Gasteiger partial charge in [-0.25, -0.2) is 0 Å². The highest BCUT2D eigenvalue weighted by atomic mass is 35.5. The van der Waals surface area contributed by atoms with Crippen molar-refractivity contribution in [2.45, 2.75) is 63.6 Å². The molecule has 0 bridgehead atoms. The highest BCUT2D eigenvalue weighted by Gasteiger charge is 2.31. The number of aryl methyl sites for hydroxylation is 1. The lowest BCUT2D eigenvalue weighted by Crippen LogP contribution is -2.52. The van der Waals surface area contributed by atoms with Crippen LogP contribution in [0, 0.1) is 6.92 Å². The zero-order chi connectivity index (χ0) is 25.9. The minimum Gasteiger partial charge on any atom is -0.352 e. The minimum absolute atomic E-state index is 0.0278. The fourth-order valence-electron chi connectivity index (χ4n) is 3.90. The highest BCUT2D eigenvalue weighted by molar-refractivity contribution is 7.99. The average Bonchev–Trinajstić information content (AvgIpc) is 2.88. The van der Waals surface area contributed by atoms with Gasteiger partial charge in [0, 0.05) is 41.1 Å². The Hall–Kier alpha value is -2.76. The first-order chi connectivity index (χ1) is 17.4. The predicted octanol–water partition coefficient (Wildman–Crippen LogP) is 6.69. The summed E-state index contributed by atoms with van der Waals surface area (Å²) in [5, 5.41) is 3.81. The summed E-state index contributed by atoms with van der Waals surface area (Å²) < 4.78 is 0. The van der Waals surface area contributed by atoms with Gasteiger partial charge >= 0.3 is 0 Å². The molecule has 2 amide bonds. The summed E-state index contributed by atoms with van der Waals surface area (Å²) >= 11 is 7.61. The van der Waals surface area contributed by atoms with Crippen LogP contribution >= 0.6 is 23.4 Å². The third kappa shape index (κ3) is 8.42. The maximum atomic E-state index is 13.7. The maximum Gasteiger partial charge on any atom is 0.243 e. The number of nitrogens with zero attached hydrogens (tertiary/aromatic N) is 1. The molecule has 0 heterocycles. The smallest absolute Gasteiger partial charge is 0.243 e. The number of rotatable bonds is 12. The number of carbonyl (C=O) groups is 2.